The van der Waals surface area contributed by atoms with Gasteiger partial charge in [0.05, 0.1) is 10.9 Å². The van der Waals surface area contributed by atoms with Gasteiger partial charge in [-0.2, -0.15) is 0 Å². The number of hydrogen-bond acceptors (Lipinski definition) is 3. The molecule has 0 bridgehead atoms. The van der Waals surface area contributed by atoms with Crippen LogP contribution in [-0.4, -0.2) is 30.6 Å². The van der Waals surface area contributed by atoms with E-state index in [1.165, 1.54) is 0 Å². The van der Waals surface area contributed by atoms with Crippen molar-refractivity contribution in [2.75, 3.05) is 6.26 Å². The third-order valence-electron chi connectivity index (χ3n) is 3.70. The van der Waals surface area contributed by atoms with Crippen LogP contribution in [0.2, 0.25) is 0 Å². The summed E-state index contributed by atoms with van der Waals surface area (Å²) in [4.78, 5) is 0. The molecule has 1 aliphatic rings. The SMILES string of the molecule is CS(=O)(=O)C1CCCC1(O)Cc1cc(F)ccc1F. The van der Waals surface area contributed by atoms with E-state index < -0.39 is 32.3 Å². The predicted octanol–water partition coefficient (Wildman–Crippen LogP) is 1.84. The van der Waals surface area contributed by atoms with Crippen LogP contribution in [0.3, 0.4) is 0 Å². The van der Waals surface area contributed by atoms with Crippen LogP contribution >= 0.6 is 0 Å². The maximum Gasteiger partial charge on any atom is 0.153 e. The fourth-order valence-electron chi connectivity index (χ4n) is 2.85. The van der Waals surface area contributed by atoms with Crippen molar-refractivity contribution in [2.45, 2.75) is 36.5 Å². The first-order valence-corrected chi connectivity index (χ1v) is 8.03. The third-order valence-corrected chi connectivity index (χ3v) is 5.40. The molecule has 0 aliphatic heterocycles. The molecule has 0 aromatic heterocycles. The summed E-state index contributed by atoms with van der Waals surface area (Å²) in [5.74, 6) is -1.23. The van der Waals surface area contributed by atoms with Gasteiger partial charge in [-0.25, -0.2) is 17.2 Å². The van der Waals surface area contributed by atoms with Gasteiger partial charge in [0, 0.05) is 12.7 Å². The van der Waals surface area contributed by atoms with E-state index >= 15 is 0 Å². The molecule has 2 unspecified atom stereocenters. The maximum absolute atomic E-state index is 13.6. The Morgan fingerprint density at radius 3 is 2.74 bits per heavy atom. The summed E-state index contributed by atoms with van der Waals surface area (Å²) < 4.78 is 50.0. The van der Waals surface area contributed by atoms with Gasteiger partial charge in [-0.3, -0.25) is 0 Å². The zero-order chi connectivity index (χ0) is 14.3. The van der Waals surface area contributed by atoms with Crippen LogP contribution in [0.15, 0.2) is 18.2 Å². The van der Waals surface area contributed by atoms with Gasteiger partial charge in [0.1, 0.15) is 11.6 Å². The molecule has 1 aromatic carbocycles. The Morgan fingerprint density at radius 1 is 1.42 bits per heavy atom. The van der Waals surface area contributed by atoms with Crippen LogP contribution in [0.1, 0.15) is 24.8 Å². The Bertz CT molecular complexity index is 586. The molecule has 1 aromatic rings. The van der Waals surface area contributed by atoms with E-state index in [4.69, 9.17) is 0 Å². The molecule has 0 saturated heterocycles. The lowest BCUT2D eigenvalue weighted by atomic mass is 9.92. The number of aliphatic hydroxyl groups is 1. The zero-order valence-electron chi connectivity index (χ0n) is 10.6. The number of benzene rings is 1. The monoisotopic (exact) mass is 290 g/mol. The first-order chi connectivity index (χ1) is 8.72. The summed E-state index contributed by atoms with van der Waals surface area (Å²) >= 11 is 0. The smallest absolute Gasteiger partial charge is 0.153 e. The molecule has 6 heteroatoms. The minimum atomic E-state index is -3.42. The second-order valence-electron chi connectivity index (χ2n) is 5.23. The number of rotatable bonds is 3. The van der Waals surface area contributed by atoms with Crippen LogP contribution in [-0.2, 0) is 16.3 Å². The average Bonchev–Trinajstić information content (AvgIpc) is 2.65. The molecule has 3 nitrogen and oxygen atoms in total. The lowest BCUT2D eigenvalue weighted by Gasteiger charge is -2.29. The minimum Gasteiger partial charge on any atom is -0.388 e. The second kappa shape index (κ2) is 4.83. The van der Waals surface area contributed by atoms with Crippen molar-refractivity contribution in [3.05, 3.63) is 35.4 Å². The molecular formula is C13H16F2O3S. The predicted molar refractivity (Wildman–Crippen MR) is 67.5 cm³/mol. The van der Waals surface area contributed by atoms with E-state index in [1.54, 1.807) is 0 Å². The van der Waals surface area contributed by atoms with Gasteiger partial charge >= 0.3 is 0 Å². The Morgan fingerprint density at radius 2 is 2.11 bits per heavy atom. The van der Waals surface area contributed by atoms with Crippen molar-refractivity contribution in [3.63, 3.8) is 0 Å². The molecule has 1 N–H and O–H groups in total. The Hall–Kier alpha value is -1.01. The number of hydrogen-bond donors (Lipinski definition) is 1. The van der Waals surface area contributed by atoms with Gasteiger partial charge in [-0.15, -0.1) is 0 Å². The van der Waals surface area contributed by atoms with Gasteiger partial charge in [0.2, 0.25) is 0 Å². The van der Waals surface area contributed by atoms with Crippen molar-refractivity contribution in [1.82, 2.24) is 0 Å². The summed E-state index contributed by atoms with van der Waals surface area (Å²) in [6, 6.07) is 2.98. The van der Waals surface area contributed by atoms with Crippen LogP contribution in [0.4, 0.5) is 8.78 Å². The Kier molecular flexibility index (Phi) is 3.66. The van der Waals surface area contributed by atoms with Crippen molar-refractivity contribution in [3.8, 4) is 0 Å². The van der Waals surface area contributed by atoms with Crippen LogP contribution in [0.5, 0.6) is 0 Å². The van der Waals surface area contributed by atoms with E-state index in [0.29, 0.717) is 12.8 Å². The van der Waals surface area contributed by atoms with Gasteiger partial charge in [0.25, 0.3) is 0 Å². The van der Waals surface area contributed by atoms with Crippen molar-refractivity contribution in [1.29, 1.82) is 0 Å². The molecule has 0 radical (unpaired) electrons. The van der Waals surface area contributed by atoms with Gasteiger partial charge in [-0.1, -0.05) is 0 Å². The van der Waals surface area contributed by atoms with E-state index in [9.17, 15) is 22.3 Å². The fraction of sp³-hybridized carbons (Fsp3) is 0.538. The third kappa shape index (κ3) is 2.95. The first-order valence-electron chi connectivity index (χ1n) is 6.07. The second-order valence-corrected chi connectivity index (χ2v) is 7.45. The van der Waals surface area contributed by atoms with Crippen molar-refractivity contribution in [2.24, 2.45) is 0 Å². The van der Waals surface area contributed by atoms with E-state index in [1.807, 2.05) is 0 Å². The summed E-state index contributed by atoms with van der Waals surface area (Å²) in [6.07, 6.45) is 2.07. The zero-order valence-corrected chi connectivity index (χ0v) is 11.4. The standard InChI is InChI=1S/C13H16F2O3S/c1-19(17,18)12-3-2-6-13(12,16)8-9-7-10(14)4-5-11(9)15/h4-5,7,12,16H,2-3,6,8H2,1H3. The topological polar surface area (TPSA) is 54.4 Å². The molecule has 1 saturated carbocycles. The first kappa shape index (κ1) is 14.4. The molecule has 0 heterocycles. The number of sulfone groups is 1. The van der Waals surface area contributed by atoms with Crippen LogP contribution in [0, 0.1) is 11.6 Å². The van der Waals surface area contributed by atoms with Gasteiger partial charge in [0.15, 0.2) is 9.84 Å². The Labute approximate surface area is 111 Å². The molecule has 2 atom stereocenters. The van der Waals surface area contributed by atoms with Crippen LogP contribution in [0.25, 0.3) is 0 Å². The lowest BCUT2D eigenvalue weighted by molar-refractivity contribution is 0.0503. The molecule has 19 heavy (non-hydrogen) atoms. The van der Waals surface area contributed by atoms with Gasteiger partial charge < -0.3 is 5.11 Å². The fourth-order valence-corrected chi connectivity index (χ4v) is 4.44. The summed E-state index contributed by atoms with van der Waals surface area (Å²) in [5.41, 5.74) is -1.50. The normalized spacial score (nSPS) is 27.7. The van der Waals surface area contributed by atoms with E-state index in [-0.39, 0.29) is 18.4 Å². The summed E-state index contributed by atoms with van der Waals surface area (Å²) in [6.45, 7) is 0. The highest BCUT2D eigenvalue weighted by atomic mass is 32.2. The summed E-state index contributed by atoms with van der Waals surface area (Å²) in [5, 5.41) is 9.57. The van der Waals surface area contributed by atoms with E-state index in [2.05, 4.69) is 0 Å². The van der Waals surface area contributed by atoms with Crippen molar-refractivity contribution < 1.29 is 22.3 Å². The molecule has 0 spiro atoms. The molecular weight excluding hydrogens is 274 g/mol. The minimum absolute atomic E-state index is 0.0121. The van der Waals surface area contributed by atoms with Crippen LogP contribution < -0.4 is 0 Å². The van der Waals surface area contributed by atoms with Crippen molar-refractivity contribution >= 4 is 9.84 Å². The molecule has 1 fully saturated rings. The van der Waals surface area contributed by atoms with E-state index in [0.717, 1.165) is 24.5 Å². The highest BCUT2D eigenvalue weighted by Crippen LogP contribution is 2.37. The number of halogens is 2. The molecule has 0 amide bonds. The molecule has 1 aliphatic carbocycles. The highest BCUT2D eigenvalue weighted by Gasteiger charge is 2.47. The Balaban J connectivity index is 2.33. The summed E-state index contributed by atoms with van der Waals surface area (Å²) in [7, 11) is -3.42. The maximum atomic E-state index is 13.6. The van der Waals surface area contributed by atoms with Gasteiger partial charge in [-0.05, 0) is 43.0 Å². The average molecular weight is 290 g/mol. The lowest BCUT2D eigenvalue weighted by Crippen LogP contribution is -2.44. The molecule has 106 valence electrons. The quantitative estimate of drug-likeness (QED) is 0.924. The largest absolute Gasteiger partial charge is 0.388 e. The highest BCUT2D eigenvalue weighted by molar-refractivity contribution is 7.91. The molecule has 2 rings (SSSR count).